The highest BCUT2D eigenvalue weighted by atomic mass is 16.6. The Labute approximate surface area is 154 Å². The van der Waals surface area contributed by atoms with Gasteiger partial charge in [0, 0.05) is 35.1 Å². The van der Waals surface area contributed by atoms with Crippen LogP contribution in [0.1, 0.15) is 0 Å². The molecule has 27 heavy (non-hydrogen) atoms. The number of hydrogen-bond acceptors (Lipinski definition) is 5. The molecule has 7 nitrogen and oxygen atoms in total. The fourth-order valence-electron chi connectivity index (χ4n) is 2.55. The Hall–Kier alpha value is -4.18. The van der Waals surface area contributed by atoms with Crippen LogP contribution in [0.4, 0.5) is 17.1 Å². The lowest BCUT2D eigenvalue weighted by molar-refractivity contribution is -0.384. The molecule has 0 unspecified atom stereocenters. The van der Waals surface area contributed by atoms with Gasteiger partial charge in [-0.3, -0.25) is 14.9 Å². The molecule has 0 aliphatic heterocycles. The van der Waals surface area contributed by atoms with Crippen molar-refractivity contribution >= 4 is 33.7 Å². The molecule has 132 valence electrons. The van der Waals surface area contributed by atoms with E-state index in [0.29, 0.717) is 0 Å². The maximum atomic E-state index is 12.3. The van der Waals surface area contributed by atoms with E-state index in [2.05, 4.69) is 10.6 Å². The van der Waals surface area contributed by atoms with Gasteiger partial charge in [0.25, 0.3) is 11.6 Å². The van der Waals surface area contributed by atoms with Gasteiger partial charge in [0.15, 0.2) is 0 Å². The number of nitro groups is 1. The maximum absolute atomic E-state index is 12.3. The highest BCUT2D eigenvalue weighted by Crippen LogP contribution is 2.23. The predicted octanol–water partition coefficient (Wildman–Crippen LogP) is 4.21. The molecule has 0 saturated carbocycles. The number of nitro benzene ring substituents is 1. The van der Waals surface area contributed by atoms with Crippen LogP contribution in [0.25, 0.3) is 10.8 Å². The molecule has 2 N–H and O–H groups in total. The molecule has 0 fully saturated rings. The van der Waals surface area contributed by atoms with Crippen molar-refractivity contribution in [2.24, 2.45) is 0 Å². The Morgan fingerprint density at radius 2 is 1.81 bits per heavy atom. The standard InChI is InChI=1S/C20H14N4O3/c21-12-15(20(25)23-16-7-4-8-17(11-16)24(26)27)13-22-19-10-3-6-14-5-1-2-9-18(14)19/h1-11,13,22H,(H,23,25)/b15-13-. The first-order valence-electron chi connectivity index (χ1n) is 7.99. The first-order valence-corrected chi connectivity index (χ1v) is 7.99. The number of nitrogens with one attached hydrogen (secondary N) is 2. The molecule has 0 aliphatic rings. The fourth-order valence-corrected chi connectivity index (χ4v) is 2.55. The van der Waals surface area contributed by atoms with Crippen molar-refractivity contribution in [2.45, 2.75) is 0 Å². The summed E-state index contributed by atoms with van der Waals surface area (Å²) in [5.74, 6) is -0.661. The third kappa shape index (κ3) is 4.08. The second-order valence-electron chi connectivity index (χ2n) is 5.60. The summed E-state index contributed by atoms with van der Waals surface area (Å²) in [6, 6.07) is 20.7. The van der Waals surface area contributed by atoms with Crippen LogP contribution in [0.5, 0.6) is 0 Å². The first-order chi connectivity index (χ1) is 13.1. The minimum atomic E-state index is -0.661. The predicted molar refractivity (Wildman–Crippen MR) is 103 cm³/mol. The quantitative estimate of drug-likeness (QED) is 0.307. The van der Waals surface area contributed by atoms with Crippen molar-refractivity contribution in [3.05, 3.63) is 88.6 Å². The number of nitriles is 1. The van der Waals surface area contributed by atoms with Crippen LogP contribution in [0.2, 0.25) is 0 Å². The van der Waals surface area contributed by atoms with Crippen LogP contribution in [0.3, 0.4) is 0 Å². The average molecular weight is 358 g/mol. The monoisotopic (exact) mass is 358 g/mol. The molecule has 0 aromatic heterocycles. The van der Waals surface area contributed by atoms with Gasteiger partial charge >= 0.3 is 0 Å². The van der Waals surface area contributed by atoms with Crippen molar-refractivity contribution in [3.63, 3.8) is 0 Å². The van der Waals surface area contributed by atoms with Crippen LogP contribution in [0, 0.1) is 21.4 Å². The van der Waals surface area contributed by atoms with Crippen LogP contribution in [-0.4, -0.2) is 10.8 Å². The summed E-state index contributed by atoms with van der Waals surface area (Å²) in [7, 11) is 0. The number of carbonyl (C=O) groups excluding carboxylic acids is 1. The molecule has 0 heterocycles. The van der Waals surface area contributed by atoms with Gasteiger partial charge in [-0.2, -0.15) is 5.26 Å². The van der Waals surface area contributed by atoms with Crippen molar-refractivity contribution in [3.8, 4) is 6.07 Å². The summed E-state index contributed by atoms with van der Waals surface area (Å²) < 4.78 is 0. The smallest absolute Gasteiger partial charge is 0.271 e. The zero-order valence-electron chi connectivity index (χ0n) is 14.0. The molecule has 0 bridgehead atoms. The number of rotatable bonds is 5. The largest absolute Gasteiger partial charge is 0.360 e. The lowest BCUT2D eigenvalue weighted by Crippen LogP contribution is -2.14. The zero-order chi connectivity index (χ0) is 19.2. The van der Waals surface area contributed by atoms with E-state index in [-0.39, 0.29) is 16.9 Å². The van der Waals surface area contributed by atoms with Crippen molar-refractivity contribution in [1.82, 2.24) is 0 Å². The Kier molecular flexibility index (Phi) is 5.10. The van der Waals surface area contributed by atoms with Gasteiger partial charge in [0.1, 0.15) is 11.6 Å². The van der Waals surface area contributed by atoms with Crippen LogP contribution < -0.4 is 10.6 Å². The fraction of sp³-hybridized carbons (Fsp3) is 0. The summed E-state index contributed by atoms with van der Waals surface area (Å²) in [5.41, 5.74) is 0.683. The molecule has 0 atom stereocenters. The topological polar surface area (TPSA) is 108 Å². The summed E-state index contributed by atoms with van der Waals surface area (Å²) in [5, 5.41) is 27.5. The Morgan fingerprint density at radius 1 is 1.07 bits per heavy atom. The number of nitrogens with zero attached hydrogens (tertiary/aromatic N) is 2. The molecule has 3 aromatic rings. The van der Waals surface area contributed by atoms with Crippen molar-refractivity contribution in [2.75, 3.05) is 10.6 Å². The van der Waals surface area contributed by atoms with E-state index in [0.717, 1.165) is 16.5 Å². The van der Waals surface area contributed by atoms with Crippen LogP contribution >= 0.6 is 0 Å². The Morgan fingerprint density at radius 3 is 2.59 bits per heavy atom. The molecule has 0 spiro atoms. The average Bonchev–Trinajstić information content (AvgIpc) is 2.68. The molecular weight excluding hydrogens is 344 g/mol. The normalized spacial score (nSPS) is 10.9. The van der Waals surface area contributed by atoms with Gasteiger partial charge < -0.3 is 10.6 Å². The summed E-state index contributed by atoms with van der Waals surface area (Å²) >= 11 is 0. The number of amides is 1. The highest BCUT2D eigenvalue weighted by Gasteiger charge is 2.12. The van der Waals surface area contributed by atoms with Gasteiger partial charge in [-0.1, -0.05) is 42.5 Å². The number of fused-ring (bicyclic) bond motifs is 1. The van der Waals surface area contributed by atoms with Gasteiger partial charge in [-0.25, -0.2) is 0 Å². The molecule has 1 amide bonds. The second kappa shape index (κ2) is 7.80. The number of anilines is 2. The molecule has 7 heteroatoms. The van der Waals surface area contributed by atoms with E-state index in [1.54, 1.807) is 0 Å². The van der Waals surface area contributed by atoms with E-state index < -0.39 is 10.8 Å². The molecule has 3 aromatic carbocycles. The van der Waals surface area contributed by atoms with Gasteiger partial charge in [-0.05, 0) is 17.5 Å². The second-order valence-corrected chi connectivity index (χ2v) is 5.60. The van der Waals surface area contributed by atoms with E-state index in [9.17, 15) is 20.2 Å². The van der Waals surface area contributed by atoms with E-state index in [4.69, 9.17) is 0 Å². The third-order valence-corrected chi connectivity index (χ3v) is 3.84. The van der Waals surface area contributed by atoms with E-state index in [1.165, 1.54) is 30.5 Å². The van der Waals surface area contributed by atoms with Gasteiger partial charge in [0.05, 0.1) is 4.92 Å². The number of non-ortho nitro benzene ring substituents is 1. The molecule has 0 aliphatic carbocycles. The van der Waals surface area contributed by atoms with Crippen LogP contribution in [0.15, 0.2) is 78.5 Å². The van der Waals surface area contributed by atoms with Gasteiger partial charge in [0.2, 0.25) is 0 Å². The first kappa shape index (κ1) is 17.6. The number of hydrogen-bond donors (Lipinski definition) is 2. The minimum Gasteiger partial charge on any atom is -0.360 e. The minimum absolute atomic E-state index is 0.149. The third-order valence-electron chi connectivity index (χ3n) is 3.84. The molecular formula is C20H14N4O3. The van der Waals surface area contributed by atoms with Crippen LogP contribution in [-0.2, 0) is 4.79 Å². The van der Waals surface area contributed by atoms with Crippen molar-refractivity contribution < 1.29 is 9.72 Å². The molecule has 0 radical (unpaired) electrons. The molecule has 0 saturated heterocycles. The van der Waals surface area contributed by atoms with Gasteiger partial charge in [-0.15, -0.1) is 0 Å². The summed E-state index contributed by atoms with van der Waals surface area (Å²) in [6.07, 6.45) is 1.31. The number of carbonyl (C=O) groups is 1. The summed E-state index contributed by atoms with van der Waals surface area (Å²) in [4.78, 5) is 22.6. The SMILES string of the molecule is N#C/C(=C/Nc1cccc2ccccc12)C(=O)Nc1cccc([N+](=O)[O-])c1. The Bertz CT molecular complexity index is 1090. The zero-order valence-corrected chi connectivity index (χ0v) is 14.0. The summed E-state index contributed by atoms with van der Waals surface area (Å²) in [6.45, 7) is 0. The van der Waals surface area contributed by atoms with Crippen molar-refractivity contribution in [1.29, 1.82) is 5.26 Å². The molecule has 3 rings (SSSR count). The maximum Gasteiger partial charge on any atom is 0.271 e. The number of benzene rings is 3. The Balaban J connectivity index is 1.80. The lowest BCUT2D eigenvalue weighted by atomic mass is 10.1. The van der Waals surface area contributed by atoms with E-state index in [1.807, 2.05) is 48.5 Å². The lowest BCUT2D eigenvalue weighted by Gasteiger charge is -2.07. The van der Waals surface area contributed by atoms with E-state index >= 15 is 0 Å². The highest BCUT2D eigenvalue weighted by molar-refractivity contribution is 6.07.